The molecule has 1 saturated heterocycles. The highest BCUT2D eigenvalue weighted by Gasteiger charge is 2.35. The summed E-state index contributed by atoms with van der Waals surface area (Å²) in [6, 6.07) is 8.05. The van der Waals surface area contributed by atoms with E-state index in [1.807, 2.05) is 12.1 Å². The molecular weight excluding hydrogens is 227 g/mol. The summed E-state index contributed by atoms with van der Waals surface area (Å²) in [6.45, 7) is 4.89. The highest BCUT2D eigenvalue weighted by Crippen LogP contribution is 2.35. The maximum atomic E-state index is 14.0. The quantitative estimate of drug-likeness (QED) is 0.889. The first-order valence-corrected chi connectivity index (χ1v) is 6.91. The van der Waals surface area contributed by atoms with E-state index in [4.69, 9.17) is 5.73 Å². The van der Waals surface area contributed by atoms with E-state index >= 15 is 0 Å². The zero-order valence-corrected chi connectivity index (χ0v) is 11.3. The Morgan fingerprint density at radius 1 is 1.39 bits per heavy atom. The van der Waals surface area contributed by atoms with Crippen LogP contribution in [0.15, 0.2) is 24.3 Å². The molecule has 2 rings (SSSR count). The SMILES string of the molecule is CCC1CCC(C)N1C(CN)c1ccccc1F. The summed E-state index contributed by atoms with van der Waals surface area (Å²) in [5.41, 5.74) is 6.67. The zero-order chi connectivity index (χ0) is 13.1. The van der Waals surface area contributed by atoms with Crippen molar-refractivity contribution < 1.29 is 4.39 Å². The van der Waals surface area contributed by atoms with Crippen LogP contribution in [0.25, 0.3) is 0 Å². The zero-order valence-electron chi connectivity index (χ0n) is 11.3. The molecule has 3 unspecified atom stereocenters. The minimum Gasteiger partial charge on any atom is -0.329 e. The van der Waals surface area contributed by atoms with Crippen molar-refractivity contribution in [2.75, 3.05) is 6.54 Å². The van der Waals surface area contributed by atoms with Gasteiger partial charge in [-0.25, -0.2) is 4.39 Å². The molecule has 1 aromatic rings. The van der Waals surface area contributed by atoms with Crippen molar-refractivity contribution in [1.82, 2.24) is 4.90 Å². The Morgan fingerprint density at radius 2 is 2.11 bits per heavy atom. The predicted octanol–water partition coefficient (Wildman–Crippen LogP) is 3.09. The lowest BCUT2D eigenvalue weighted by atomic mass is 10.0. The monoisotopic (exact) mass is 250 g/mol. The van der Waals surface area contributed by atoms with Crippen molar-refractivity contribution >= 4 is 0 Å². The van der Waals surface area contributed by atoms with Gasteiger partial charge in [0.2, 0.25) is 0 Å². The van der Waals surface area contributed by atoms with Crippen molar-refractivity contribution in [2.45, 2.75) is 51.2 Å². The third-order valence-corrected chi connectivity index (χ3v) is 4.17. The normalized spacial score (nSPS) is 26.4. The molecule has 0 saturated carbocycles. The number of nitrogens with zero attached hydrogens (tertiary/aromatic N) is 1. The summed E-state index contributed by atoms with van der Waals surface area (Å²) in [5, 5.41) is 0. The number of benzene rings is 1. The summed E-state index contributed by atoms with van der Waals surface area (Å²) in [5.74, 6) is -0.137. The van der Waals surface area contributed by atoms with Crippen LogP contribution in [0.1, 0.15) is 44.7 Å². The van der Waals surface area contributed by atoms with Gasteiger partial charge in [-0.2, -0.15) is 0 Å². The Bertz CT molecular complexity index is 394. The van der Waals surface area contributed by atoms with E-state index in [1.54, 1.807) is 6.07 Å². The number of rotatable bonds is 4. The van der Waals surface area contributed by atoms with Gasteiger partial charge in [-0.3, -0.25) is 4.90 Å². The highest BCUT2D eigenvalue weighted by atomic mass is 19.1. The van der Waals surface area contributed by atoms with Crippen LogP contribution in [-0.2, 0) is 0 Å². The van der Waals surface area contributed by atoms with Crippen LogP contribution < -0.4 is 5.73 Å². The second-order valence-electron chi connectivity index (χ2n) is 5.21. The average molecular weight is 250 g/mol. The fourth-order valence-corrected chi connectivity index (χ4v) is 3.22. The molecule has 0 bridgehead atoms. The number of halogens is 1. The molecule has 3 heteroatoms. The third-order valence-electron chi connectivity index (χ3n) is 4.17. The van der Waals surface area contributed by atoms with Crippen LogP contribution >= 0.6 is 0 Å². The first-order valence-electron chi connectivity index (χ1n) is 6.91. The molecule has 1 aliphatic heterocycles. The highest BCUT2D eigenvalue weighted by molar-refractivity contribution is 5.22. The van der Waals surface area contributed by atoms with Gasteiger partial charge in [0.05, 0.1) is 6.04 Å². The van der Waals surface area contributed by atoms with Crippen LogP contribution in [0.4, 0.5) is 4.39 Å². The Balaban J connectivity index is 2.30. The van der Waals surface area contributed by atoms with Gasteiger partial charge in [-0.1, -0.05) is 25.1 Å². The molecule has 0 amide bonds. The lowest BCUT2D eigenvalue weighted by Crippen LogP contribution is -2.41. The van der Waals surface area contributed by atoms with E-state index < -0.39 is 0 Å². The summed E-state index contributed by atoms with van der Waals surface area (Å²) in [7, 11) is 0. The minimum absolute atomic E-state index is 0.00801. The minimum atomic E-state index is -0.137. The molecule has 18 heavy (non-hydrogen) atoms. The molecule has 2 nitrogen and oxygen atoms in total. The fraction of sp³-hybridized carbons (Fsp3) is 0.600. The second kappa shape index (κ2) is 5.81. The Kier molecular flexibility index (Phi) is 4.36. The molecule has 1 heterocycles. The Labute approximate surface area is 109 Å². The van der Waals surface area contributed by atoms with Gasteiger partial charge in [0.1, 0.15) is 5.82 Å². The first-order chi connectivity index (χ1) is 8.69. The Morgan fingerprint density at radius 3 is 2.72 bits per heavy atom. The van der Waals surface area contributed by atoms with Crippen molar-refractivity contribution in [2.24, 2.45) is 5.73 Å². The van der Waals surface area contributed by atoms with Gasteiger partial charge in [0.15, 0.2) is 0 Å². The van der Waals surface area contributed by atoms with Gasteiger partial charge < -0.3 is 5.73 Å². The number of hydrogen-bond donors (Lipinski definition) is 1. The molecule has 0 aromatic heterocycles. The molecule has 0 aliphatic carbocycles. The van der Waals surface area contributed by atoms with Crippen molar-refractivity contribution in [1.29, 1.82) is 0 Å². The van der Waals surface area contributed by atoms with E-state index in [0.717, 1.165) is 12.0 Å². The number of likely N-dealkylation sites (tertiary alicyclic amines) is 1. The van der Waals surface area contributed by atoms with Gasteiger partial charge >= 0.3 is 0 Å². The Hall–Kier alpha value is -0.930. The van der Waals surface area contributed by atoms with Crippen LogP contribution in [0.2, 0.25) is 0 Å². The maximum absolute atomic E-state index is 14.0. The van der Waals surface area contributed by atoms with Gasteiger partial charge in [-0.15, -0.1) is 0 Å². The molecule has 0 spiro atoms. The average Bonchev–Trinajstić information content (AvgIpc) is 2.74. The smallest absolute Gasteiger partial charge is 0.128 e. The van der Waals surface area contributed by atoms with Gasteiger partial charge in [-0.05, 0) is 32.3 Å². The summed E-state index contributed by atoms with van der Waals surface area (Å²) in [6.07, 6.45) is 3.49. The number of hydrogen-bond acceptors (Lipinski definition) is 2. The van der Waals surface area contributed by atoms with E-state index in [1.165, 1.54) is 18.9 Å². The topological polar surface area (TPSA) is 29.3 Å². The maximum Gasteiger partial charge on any atom is 0.128 e. The summed E-state index contributed by atoms with van der Waals surface area (Å²) >= 11 is 0. The summed E-state index contributed by atoms with van der Waals surface area (Å²) in [4.78, 5) is 2.42. The van der Waals surface area contributed by atoms with Crippen LogP contribution in [0.5, 0.6) is 0 Å². The molecule has 100 valence electrons. The van der Waals surface area contributed by atoms with Crippen LogP contribution in [0, 0.1) is 5.82 Å². The standard InChI is InChI=1S/C15H23FN2/c1-3-12-9-8-11(2)18(12)15(10-17)13-6-4-5-7-14(13)16/h4-7,11-12,15H,3,8-10,17H2,1-2H3. The molecule has 1 aromatic carbocycles. The summed E-state index contributed by atoms with van der Waals surface area (Å²) < 4.78 is 14.0. The molecule has 0 radical (unpaired) electrons. The van der Waals surface area contributed by atoms with E-state index in [2.05, 4.69) is 18.7 Å². The van der Waals surface area contributed by atoms with Crippen LogP contribution in [0.3, 0.4) is 0 Å². The van der Waals surface area contributed by atoms with E-state index in [9.17, 15) is 4.39 Å². The fourth-order valence-electron chi connectivity index (χ4n) is 3.22. The largest absolute Gasteiger partial charge is 0.329 e. The van der Waals surface area contributed by atoms with Crippen molar-refractivity contribution in [3.05, 3.63) is 35.6 Å². The van der Waals surface area contributed by atoms with Crippen molar-refractivity contribution in [3.8, 4) is 0 Å². The van der Waals surface area contributed by atoms with Crippen molar-refractivity contribution in [3.63, 3.8) is 0 Å². The van der Waals surface area contributed by atoms with Gasteiger partial charge in [0, 0.05) is 24.2 Å². The molecule has 3 atom stereocenters. The molecule has 1 aliphatic rings. The second-order valence-corrected chi connectivity index (χ2v) is 5.21. The van der Waals surface area contributed by atoms with Crippen LogP contribution in [-0.4, -0.2) is 23.5 Å². The van der Waals surface area contributed by atoms with E-state index in [0.29, 0.717) is 18.6 Å². The lowest BCUT2D eigenvalue weighted by Gasteiger charge is -2.35. The number of nitrogens with two attached hydrogens (primary N) is 1. The molecule has 2 N–H and O–H groups in total. The van der Waals surface area contributed by atoms with E-state index in [-0.39, 0.29) is 11.9 Å². The predicted molar refractivity (Wildman–Crippen MR) is 72.8 cm³/mol. The van der Waals surface area contributed by atoms with Gasteiger partial charge in [0.25, 0.3) is 0 Å². The molecule has 1 fully saturated rings. The molecular formula is C15H23FN2. The third kappa shape index (κ3) is 2.43. The lowest BCUT2D eigenvalue weighted by molar-refractivity contribution is 0.134. The first kappa shape index (κ1) is 13.5.